The zero-order valence-electron chi connectivity index (χ0n) is 7.80. The lowest BCUT2D eigenvalue weighted by molar-refractivity contribution is 0.148. The van der Waals surface area contributed by atoms with Crippen LogP contribution in [0.2, 0.25) is 0 Å². The molecule has 0 atom stereocenters. The van der Waals surface area contributed by atoms with E-state index in [0.29, 0.717) is 3.57 Å². The van der Waals surface area contributed by atoms with Gasteiger partial charge in [0.05, 0.1) is 19.6 Å². The quantitative estimate of drug-likeness (QED) is 0.803. The Balaban J connectivity index is 3.38. The molecular weight excluding hydrogens is 317 g/mol. The summed E-state index contributed by atoms with van der Waals surface area (Å²) < 4.78 is 30.6. The maximum Gasteiger partial charge on any atom is 0.265 e. The predicted molar refractivity (Wildman–Crippen MR) is 57.8 cm³/mol. The van der Waals surface area contributed by atoms with Crippen LogP contribution in [-0.2, 0) is 6.42 Å². The fourth-order valence-electron chi connectivity index (χ4n) is 1.18. The van der Waals surface area contributed by atoms with Gasteiger partial charge < -0.3 is 4.74 Å². The second-order valence-electron chi connectivity index (χ2n) is 2.64. The van der Waals surface area contributed by atoms with Crippen molar-refractivity contribution in [3.8, 4) is 11.9 Å². The second-order valence-corrected chi connectivity index (χ2v) is 3.81. The molecule has 0 saturated carbocycles. The van der Waals surface area contributed by atoms with Gasteiger partial charge in [-0.25, -0.2) is 13.8 Å². The Morgan fingerprint density at radius 1 is 1.67 bits per heavy atom. The molecule has 3 nitrogen and oxygen atoms in total. The van der Waals surface area contributed by atoms with Gasteiger partial charge in [0.25, 0.3) is 6.43 Å². The van der Waals surface area contributed by atoms with Gasteiger partial charge in [-0.3, -0.25) is 0 Å². The number of methoxy groups -OCH3 is 1. The van der Waals surface area contributed by atoms with Crippen molar-refractivity contribution in [2.75, 3.05) is 7.11 Å². The molecule has 15 heavy (non-hydrogen) atoms. The van der Waals surface area contributed by atoms with E-state index in [9.17, 15) is 8.78 Å². The molecule has 0 aliphatic carbocycles. The van der Waals surface area contributed by atoms with Crippen LogP contribution in [0.1, 0.15) is 17.6 Å². The van der Waals surface area contributed by atoms with Gasteiger partial charge in [0.2, 0.25) is 5.88 Å². The van der Waals surface area contributed by atoms with Gasteiger partial charge in [-0.15, -0.1) is 0 Å². The largest absolute Gasteiger partial charge is 0.481 e. The van der Waals surface area contributed by atoms with Gasteiger partial charge in [0.1, 0.15) is 0 Å². The molecule has 0 unspecified atom stereocenters. The van der Waals surface area contributed by atoms with Crippen molar-refractivity contribution in [1.29, 1.82) is 5.26 Å². The van der Waals surface area contributed by atoms with Crippen LogP contribution in [0, 0.1) is 14.9 Å². The minimum Gasteiger partial charge on any atom is -0.481 e. The zero-order valence-corrected chi connectivity index (χ0v) is 9.96. The van der Waals surface area contributed by atoms with E-state index >= 15 is 0 Å². The lowest BCUT2D eigenvalue weighted by Gasteiger charge is -2.11. The monoisotopic (exact) mass is 324 g/mol. The second kappa shape index (κ2) is 5.21. The fourth-order valence-corrected chi connectivity index (χ4v) is 1.88. The Hall–Kier alpha value is -0.970. The van der Waals surface area contributed by atoms with Crippen LogP contribution in [0.15, 0.2) is 6.20 Å². The van der Waals surface area contributed by atoms with Crippen molar-refractivity contribution in [2.45, 2.75) is 12.8 Å². The first-order chi connectivity index (χ1) is 7.11. The fraction of sp³-hybridized carbons (Fsp3) is 0.333. The summed E-state index contributed by atoms with van der Waals surface area (Å²) in [7, 11) is 1.34. The first-order valence-electron chi connectivity index (χ1n) is 3.98. The van der Waals surface area contributed by atoms with E-state index < -0.39 is 6.43 Å². The lowest BCUT2D eigenvalue weighted by Crippen LogP contribution is -2.03. The van der Waals surface area contributed by atoms with E-state index in [4.69, 9.17) is 10.00 Å². The molecule has 1 heterocycles. The number of ether oxygens (including phenoxy) is 1. The van der Waals surface area contributed by atoms with Crippen molar-refractivity contribution in [3.63, 3.8) is 0 Å². The number of pyridine rings is 1. The van der Waals surface area contributed by atoms with Crippen molar-refractivity contribution < 1.29 is 13.5 Å². The van der Waals surface area contributed by atoms with Gasteiger partial charge in [0, 0.05) is 20.9 Å². The summed E-state index contributed by atoms with van der Waals surface area (Å²) in [6, 6.07) is 1.82. The number of halogens is 3. The zero-order chi connectivity index (χ0) is 11.4. The number of hydrogen-bond donors (Lipinski definition) is 0. The molecule has 1 aromatic rings. The molecule has 1 aromatic heterocycles. The number of aromatic nitrogens is 1. The summed E-state index contributed by atoms with van der Waals surface area (Å²) in [4.78, 5) is 3.84. The third-order valence-corrected chi connectivity index (χ3v) is 2.66. The first-order valence-corrected chi connectivity index (χ1v) is 5.06. The SMILES string of the molecule is COc1ncc(I)c(C(F)F)c1CC#N. The number of hydrogen-bond acceptors (Lipinski definition) is 3. The summed E-state index contributed by atoms with van der Waals surface area (Å²) in [5.74, 6) is 0.0901. The van der Waals surface area contributed by atoms with E-state index in [1.807, 2.05) is 6.07 Å². The average Bonchev–Trinajstić information content (AvgIpc) is 2.18. The minimum atomic E-state index is -2.63. The van der Waals surface area contributed by atoms with Crippen molar-refractivity contribution in [1.82, 2.24) is 4.98 Å². The maximum atomic E-state index is 12.7. The number of alkyl halides is 2. The summed E-state index contributed by atoms with van der Waals surface area (Å²) in [6.07, 6.45) is -1.45. The molecule has 1 rings (SSSR count). The van der Waals surface area contributed by atoms with Gasteiger partial charge in [-0.2, -0.15) is 5.26 Å². The van der Waals surface area contributed by atoms with Crippen LogP contribution in [0.3, 0.4) is 0 Å². The van der Waals surface area contributed by atoms with E-state index in [1.54, 1.807) is 22.6 Å². The molecule has 0 aliphatic rings. The Bertz CT molecular complexity index is 404. The number of nitriles is 1. The van der Waals surface area contributed by atoms with Gasteiger partial charge in [0.15, 0.2) is 0 Å². The van der Waals surface area contributed by atoms with Crippen molar-refractivity contribution in [3.05, 3.63) is 20.9 Å². The van der Waals surface area contributed by atoms with Crippen LogP contribution in [-0.4, -0.2) is 12.1 Å². The van der Waals surface area contributed by atoms with E-state index in [2.05, 4.69) is 4.98 Å². The predicted octanol–water partition coefficient (Wildman–Crippen LogP) is 2.70. The molecular formula is C9H7F2IN2O. The highest BCUT2D eigenvalue weighted by Gasteiger charge is 2.21. The van der Waals surface area contributed by atoms with Crippen LogP contribution in [0.25, 0.3) is 0 Å². The molecule has 0 bridgehead atoms. The molecule has 0 spiro atoms. The van der Waals surface area contributed by atoms with E-state index in [1.165, 1.54) is 13.3 Å². The molecule has 0 aliphatic heterocycles. The molecule has 0 N–H and O–H groups in total. The highest BCUT2D eigenvalue weighted by molar-refractivity contribution is 14.1. The van der Waals surface area contributed by atoms with E-state index in [-0.39, 0.29) is 23.4 Å². The molecule has 0 amide bonds. The van der Waals surface area contributed by atoms with Crippen LogP contribution in [0.4, 0.5) is 8.78 Å². The Morgan fingerprint density at radius 3 is 2.80 bits per heavy atom. The van der Waals surface area contributed by atoms with Crippen LogP contribution in [0.5, 0.6) is 5.88 Å². The van der Waals surface area contributed by atoms with Gasteiger partial charge in [-0.1, -0.05) is 0 Å². The highest BCUT2D eigenvalue weighted by atomic mass is 127. The number of nitrogens with zero attached hydrogens (tertiary/aromatic N) is 2. The average molecular weight is 324 g/mol. The van der Waals surface area contributed by atoms with Crippen molar-refractivity contribution >= 4 is 22.6 Å². The summed E-state index contributed by atoms with van der Waals surface area (Å²) in [6.45, 7) is 0. The molecule has 0 aromatic carbocycles. The molecule has 80 valence electrons. The summed E-state index contributed by atoms with van der Waals surface area (Å²) in [5.41, 5.74) is 0.00546. The first kappa shape index (κ1) is 12.1. The molecule has 0 saturated heterocycles. The van der Waals surface area contributed by atoms with Crippen LogP contribution >= 0.6 is 22.6 Å². The van der Waals surface area contributed by atoms with E-state index in [0.717, 1.165) is 0 Å². The van der Waals surface area contributed by atoms with Gasteiger partial charge >= 0.3 is 0 Å². The third-order valence-electron chi connectivity index (χ3n) is 1.80. The Kier molecular flexibility index (Phi) is 4.20. The smallest absolute Gasteiger partial charge is 0.265 e. The lowest BCUT2D eigenvalue weighted by atomic mass is 10.1. The topological polar surface area (TPSA) is 45.9 Å². The van der Waals surface area contributed by atoms with Gasteiger partial charge in [-0.05, 0) is 22.6 Å². The molecule has 0 radical (unpaired) electrons. The van der Waals surface area contributed by atoms with Crippen molar-refractivity contribution in [2.24, 2.45) is 0 Å². The Morgan fingerprint density at radius 2 is 2.33 bits per heavy atom. The molecule has 6 heteroatoms. The third kappa shape index (κ3) is 2.53. The molecule has 0 fully saturated rings. The summed E-state index contributed by atoms with van der Waals surface area (Å²) >= 11 is 1.77. The standard InChI is InChI=1S/C9H7F2IN2O/c1-15-9-5(2-3-13)7(8(10)11)6(12)4-14-9/h4,8H,2H2,1H3. The summed E-state index contributed by atoms with van der Waals surface area (Å²) in [5, 5.41) is 8.56. The number of rotatable bonds is 3. The maximum absolute atomic E-state index is 12.7. The van der Waals surface area contributed by atoms with Crippen LogP contribution < -0.4 is 4.74 Å². The normalized spacial score (nSPS) is 10.1. The Labute approximate surface area is 99.2 Å². The highest BCUT2D eigenvalue weighted by Crippen LogP contribution is 2.32. The minimum absolute atomic E-state index is 0.0901.